The summed E-state index contributed by atoms with van der Waals surface area (Å²) in [6.45, 7) is 2.98. The Hall–Kier alpha value is -1.15. The van der Waals surface area contributed by atoms with Gasteiger partial charge in [0.2, 0.25) is 0 Å². The summed E-state index contributed by atoms with van der Waals surface area (Å²) in [6, 6.07) is 3.64. The number of aliphatic hydroxyl groups excluding tert-OH is 1. The minimum absolute atomic E-state index is 0.227. The van der Waals surface area contributed by atoms with E-state index in [9.17, 15) is 13.0 Å². The molecule has 0 amide bonds. The molecule has 1 aromatic carbocycles. The Morgan fingerprint density at radius 1 is 1.19 bits per heavy atom. The van der Waals surface area contributed by atoms with E-state index in [4.69, 9.17) is 10.2 Å². The van der Waals surface area contributed by atoms with Crippen molar-refractivity contribution in [2.24, 2.45) is 0 Å². The third-order valence-corrected chi connectivity index (χ3v) is 3.66. The van der Waals surface area contributed by atoms with Gasteiger partial charge in [0.1, 0.15) is 15.9 Å². The molecule has 1 rings (SSSR count). The monoisotopic (exact) mass is 319 g/mol. The van der Waals surface area contributed by atoms with Crippen molar-refractivity contribution in [3.05, 3.63) is 23.8 Å². The van der Waals surface area contributed by atoms with Crippen LogP contribution >= 0.6 is 0 Å². The fourth-order valence-corrected chi connectivity index (χ4v) is 2.28. The molecular formula is C14H25NO5S. The lowest BCUT2D eigenvalue weighted by molar-refractivity contribution is -0.870. The zero-order chi connectivity index (χ0) is 16.7. The number of aromatic hydroxyl groups is 1. The fraction of sp³-hybridized carbons (Fsp3) is 0.571. The first-order valence-corrected chi connectivity index (χ1v) is 8.05. The van der Waals surface area contributed by atoms with Crippen molar-refractivity contribution in [1.29, 1.82) is 0 Å². The van der Waals surface area contributed by atoms with E-state index in [1.807, 2.05) is 0 Å². The number of phenols is 1. The van der Waals surface area contributed by atoms with Gasteiger partial charge in [-0.1, -0.05) is 6.07 Å². The zero-order valence-corrected chi connectivity index (χ0v) is 13.9. The van der Waals surface area contributed by atoms with Gasteiger partial charge in [-0.25, -0.2) is 8.42 Å². The van der Waals surface area contributed by atoms with E-state index >= 15 is 0 Å². The highest BCUT2D eigenvalue weighted by atomic mass is 32.2. The van der Waals surface area contributed by atoms with Gasteiger partial charge < -0.3 is 19.2 Å². The van der Waals surface area contributed by atoms with Crippen LogP contribution in [0, 0.1) is 6.92 Å². The third-order valence-electron chi connectivity index (χ3n) is 2.68. The number of quaternary nitrogens is 1. The highest BCUT2D eigenvalue weighted by molar-refractivity contribution is 7.85. The number of hydrogen-bond acceptors (Lipinski definition) is 5. The highest BCUT2D eigenvalue weighted by Crippen LogP contribution is 2.19. The van der Waals surface area contributed by atoms with Crippen LogP contribution in [0.2, 0.25) is 0 Å². The molecule has 1 aromatic rings. The SMILES string of the molecule is C[N+](C)(C)CCCCO.Cc1ccc(O)cc1S(=O)(=O)[O-]. The van der Waals surface area contributed by atoms with E-state index in [0.717, 1.165) is 29.9 Å². The molecule has 21 heavy (non-hydrogen) atoms. The topological polar surface area (TPSA) is 97.7 Å². The molecule has 0 spiro atoms. The van der Waals surface area contributed by atoms with Crippen molar-refractivity contribution in [2.45, 2.75) is 24.7 Å². The van der Waals surface area contributed by atoms with Gasteiger partial charge in [-0.05, 0) is 37.5 Å². The van der Waals surface area contributed by atoms with Crippen LogP contribution in [0.1, 0.15) is 18.4 Å². The number of phenolic OH excluding ortho intramolecular Hbond substituents is 1. The Labute approximate surface area is 127 Å². The van der Waals surface area contributed by atoms with Gasteiger partial charge in [0, 0.05) is 6.61 Å². The molecule has 0 atom stereocenters. The van der Waals surface area contributed by atoms with Crippen LogP contribution in [0.15, 0.2) is 23.1 Å². The van der Waals surface area contributed by atoms with Crippen molar-refractivity contribution in [3.8, 4) is 5.75 Å². The molecule has 0 aromatic heterocycles. The molecule has 0 aliphatic rings. The minimum Gasteiger partial charge on any atom is -0.744 e. The first-order chi connectivity index (χ1) is 9.47. The van der Waals surface area contributed by atoms with Gasteiger partial charge in [0.05, 0.1) is 32.6 Å². The molecule has 0 aliphatic carbocycles. The molecule has 0 heterocycles. The van der Waals surface area contributed by atoms with Gasteiger partial charge >= 0.3 is 0 Å². The summed E-state index contributed by atoms with van der Waals surface area (Å²) in [7, 11) is 2.03. The van der Waals surface area contributed by atoms with Crippen LogP contribution in [0.4, 0.5) is 0 Å². The smallest absolute Gasteiger partial charge is 0.124 e. The Bertz CT molecular complexity index is 535. The van der Waals surface area contributed by atoms with E-state index in [1.54, 1.807) is 0 Å². The van der Waals surface area contributed by atoms with Crippen LogP contribution in [0.5, 0.6) is 5.75 Å². The number of aryl methyl sites for hydroxylation is 1. The molecule has 6 nitrogen and oxygen atoms in total. The number of unbranched alkanes of at least 4 members (excludes halogenated alkanes) is 1. The van der Waals surface area contributed by atoms with E-state index in [0.29, 0.717) is 12.2 Å². The van der Waals surface area contributed by atoms with Crippen molar-refractivity contribution < 1.29 is 27.7 Å². The summed E-state index contributed by atoms with van der Waals surface area (Å²) in [5, 5.41) is 17.4. The zero-order valence-electron chi connectivity index (χ0n) is 13.0. The maximum Gasteiger partial charge on any atom is 0.124 e. The Kier molecular flexibility index (Phi) is 7.87. The number of nitrogens with zero attached hydrogens (tertiary/aromatic N) is 1. The van der Waals surface area contributed by atoms with Crippen molar-refractivity contribution in [2.75, 3.05) is 34.3 Å². The largest absolute Gasteiger partial charge is 0.744 e. The van der Waals surface area contributed by atoms with Gasteiger partial charge in [-0.3, -0.25) is 0 Å². The summed E-state index contributed by atoms with van der Waals surface area (Å²) in [5.41, 5.74) is 0.336. The minimum atomic E-state index is -4.47. The summed E-state index contributed by atoms with van der Waals surface area (Å²) in [5.74, 6) is -0.227. The van der Waals surface area contributed by atoms with E-state index in [2.05, 4.69) is 21.1 Å². The average Bonchev–Trinajstić information content (AvgIpc) is 2.30. The maximum atomic E-state index is 10.5. The normalized spacial score (nSPS) is 11.7. The predicted molar refractivity (Wildman–Crippen MR) is 80.0 cm³/mol. The molecule has 0 saturated heterocycles. The molecular weight excluding hydrogens is 294 g/mol. The molecule has 0 bridgehead atoms. The highest BCUT2D eigenvalue weighted by Gasteiger charge is 2.05. The molecule has 0 saturated carbocycles. The Balaban J connectivity index is 0.000000400. The number of benzene rings is 1. The lowest BCUT2D eigenvalue weighted by Gasteiger charge is -2.23. The molecule has 2 N–H and O–H groups in total. The maximum absolute atomic E-state index is 10.5. The second-order valence-corrected chi connectivity index (χ2v) is 7.20. The third kappa shape index (κ3) is 9.41. The average molecular weight is 319 g/mol. The van der Waals surface area contributed by atoms with Crippen LogP contribution in [0.25, 0.3) is 0 Å². The second-order valence-electron chi connectivity index (χ2n) is 5.85. The van der Waals surface area contributed by atoms with Crippen LogP contribution < -0.4 is 0 Å². The predicted octanol–water partition coefficient (Wildman–Crippen LogP) is 1.07. The van der Waals surface area contributed by atoms with Crippen LogP contribution in [-0.4, -0.2) is 62.0 Å². The number of aliphatic hydroxyl groups is 1. The molecule has 0 unspecified atom stereocenters. The van der Waals surface area contributed by atoms with Gasteiger partial charge in [0.25, 0.3) is 0 Å². The van der Waals surface area contributed by atoms with E-state index in [-0.39, 0.29) is 10.6 Å². The lowest BCUT2D eigenvalue weighted by atomic mass is 10.2. The first kappa shape index (κ1) is 19.9. The quantitative estimate of drug-likeness (QED) is 0.480. The lowest BCUT2D eigenvalue weighted by Crippen LogP contribution is -2.35. The van der Waals surface area contributed by atoms with Crippen molar-refractivity contribution in [3.63, 3.8) is 0 Å². The summed E-state index contributed by atoms with van der Waals surface area (Å²) < 4.78 is 32.6. The van der Waals surface area contributed by atoms with Gasteiger partial charge in [-0.15, -0.1) is 0 Å². The Morgan fingerprint density at radius 2 is 1.76 bits per heavy atom. The van der Waals surface area contributed by atoms with Crippen molar-refractivity contribution >= 4 is 10.1 Å². The molecule has 122 valence electrons. The van der Waals surface area contributed by atoms with Crippen molar-refractivity contribution in [1.82, 2.24) is 0 Å². The summed E-state index contributed by atoms with van der Waals surface area (Å²) >= 11 is 0. The number of hydrogen-bond donors (Lipinski definition) is 2. The molecule has 7 heteroatoms. The number of rotatable bonds is 5. The second kappa shape index (κ2) is 8.33. The van der Waals surface area contributed by atoms with Gasteiger partial charge in [-0.2, -0.15) is 0 Å². The van der Waals surface area contributed by atoms with Gasteiger partial charge in [0.15, 0.2) is 0 Å². The standard InChI is InChI=1S/C7H18NO.C7H8O4S/c1-8(2,3)6-4-5-7-9;1-5-2-3-6(8)4-7(5)12(9,10)11/h9H,4-7H2,1-3H3;2-4,8H,1H3,(H,9,10,11)/q+1;/p-1. The van der Waals surface area contributed by atoms with E-state index in [1.165, 1.54) is 19.1 Å². The Morgan fingerprint density at radius 3 is 2.14 bits per heavy atom. The fourth-order valence-electron chi connectivity index (χ4n) is 1.56. The molecule has 0 aliphatic heterocycles. The van der Waals surface area contributed by atoms with E-state index < -0.39 is 10.1 Å². The summed E-state index contributed by atoms with van der Waals surface area (Å²) in [4.78, 5) is -0.373. The summed E-state index contributed by atoms with van der Waals surface area (Å²) in [6.07, 6.45) is 2.06. The molecule has 0 fully saturated rings. The first-order valence-electron chi connectivity index (χ1n) is 6.64. The van der Waals surface area contributed by atoms with Crippen LogP contribution in [-0.2, 0) is 10.1 Å². The van der Waals surface area contributed by atoms with Crippen LogP contribution in [0.3, 0.4) is 0 Å². The molecule has 0 radical (unpaired) electrons.